The highest BCUT2D eigenvalue weighted by atomic mass is 16.2. The molecule has 0 aromatic carbocycles. The molecule has 1 unspecified atom stereocenters. The summed E-state index contributed by atoms with van der Waals surface area (Å²) in [5.74, 6) is 2.07. The lowest BCUT2D eigenvalue weighted by atomic mass is 9.91. The first kappa shape index (κ1) is 19.4. The van der Waals surface area contributed by atoms with Crippen LogP contribution in [0.15, 0.2) is 18.3 Å². The van der Waals surface area contributed by atoms with Gasteiger partial charge in [0.25, 0.3) is 0 Å². The molecule has 1 aromatic heterocycles. The van der Waals surface area contributed by atoms with E-state index in [2.05, 4.69) is 27.0 Å². The molecule has 28 heavy (non-hydrogen) atoms. The van der Waals surface area contributed by atoms with Gasteiger partial charge in [-0.15, -0.1) is 0 Å². The molecule has 6 nitrogen and oxygen atoms in total. The zero-order valence-corrected chi connectivity index (χ0v) is 16.9. The number of rotatable bonds is 4. The highest BCUT2D eigenvalue weighted by molar-refractivity contribution is 6.00. The quantitative estimate of drug-likeness (QED) is 0.808. The lowest BCUT2D eigenvalue weighted by Gasteiger charge is -2.37. The molecule has 6 heteroatoms. The standard InChI is InChI=1S/C22H32N4O2/c1-16-6-10-25(11-7-16)15-17-8-12-26(13-9-17)20-4-2-18(14-23-20)19-3-5-21(27)24-22(19)28/h2,4,14,16-17,19H,3,5-13,15H2,1H3,(H,24,27,28). The molecular weight excluding hydrogens is 352 g/mol. The van der Waals surface area contributed by atoms with E-state index in [1.807, 2.05) is 18.3 Å². The Kier molecular flexibility index (Phi) is 5.95. The van der Waals surface area contributed by atoms with Gasteiger partial charge in [-0.05, 0) is 68.7 Å². The molecule has 4 rings (SSSR count). The van der Waals surface area contributed by atoms with Crippen LogP contribution in [0, 0.1) is 11.8 Å². The maximum atomic E-state index is 12.0. The maximum Gasteiger partial charge on any atom is 0.234 e. The first-order chi connectivity index (χ1) is 13.6. The van der Waals surface area contributed by atoms with Crippen LogP contribution in [-0.2, 0) is 9.59 Å². The van der Waals surface area contributed by atoms with Gasteiger partial charge in [0.05, 0.1) is 5.92 Å². The van der Waals surface area contributed by atoms with Gasteiger partial charge < -0.3 is 9.80 Å². The number of aromatic nitrogens is 1. The summed E-state index contributed by atoms with van der Waals surface area (Å²) >= 11 is 0. The van der Waals surface area contributed by atoms with Gasteiger partial charge in [0.15, 0.2) is 0 Å². The van der Waals surface area contributed by atoms with Crippen LogP contribution in [0.3, 0.4) is 0 Å². The first-order valence-electron chi connectivity index (χ1n) is 10.9. The van der Waals surface area contributed by atoms with Crippen LogP contribution in [0.5, 0.6) is 0 Å². The van der Waals surface area contributed by atoms with Crippen LogP contribution < -0.4 is 10.2 Å². The Bertz CT molecular complexity index is 689. The van der Waals surface area contributed by atoms with Crippen molar-refractivity contribution in [3.8, 4) is 0 Å². The van der Waals surface area contributed by atoms with E-state index in [4.69, 9.17) is 0 Å². The molecule has 0 aliphatic carbocycles. The van der Waals surface area contributed by atoms with Crippen molar-refractivity contribution < 1.29 is 9.59 Å². The van der Waals surface area contributed by atoms with Crippen molar-refractivity contribution in [1.82, 2.24) is 15.2 Å². The molecule has 0 radical (unpaired) electrons. The number of carbonyl (C=O) groups is 2. The number of piperidine rings is 3. The predicted octanol–water partition coefficient (Wildman–Crippen LogP) is 2.55. The van der Waals surface area contributed by atoms with Crippen molar-refractivity contribution in [2.45, 2.75) is 51.4 Å². The number of hydrogen-bond donors (Lipinski definition) is 1. The van der Waals surface area contributed by atoms with Crippen molar-refractivity contribution in [1.29, 1.82) is 0 Å². The Morgan fingerprint density at radius 3 is 2.43 bits per heavy atom. The predicted molar refractivity (Wildman–Crippen MR) is 109 cm³/mol. The summed E-state index contributed by atoms with van der Waals surface area (Å²) in [5.41, 5.74) is 0.906. The first-order valence-corrected chi connectivity index (χ1v) is 10.9. The number of hydrogen-bond acceptors (Lipinski definition) is 5. The summed E-state index contributed by atoms with van der Waals surface area (Å²) in [5, 5.41) is 2.43. The Balaban J connectivity index is 1.28. The van der Waals surface area contributed by atoms with Gasteiger partial charge in [-0.25, -0.2) is 4.98 Å². The highest BCUT2D eigenvalue weighted by Gasteiger charge is 2.29. The van der Waals surface area contributed by atoms with Gasteiger partial charge in [-0.3, -0.25) is 14.9 Å². The van der Waals surface area contributed by atoms with Crippen LogP contribution in [0.4, 0.5) is 5.82 Å². The fourth-order valence-electron chi connectivity index (χ4n) is 4.76. The Hall–Kier alpha value is -1.95. The molecule has 0 saturated carbocycles. The number of amides is 2. The number of nitrogens with one attached hydrogen (secondary N) is 1. The molecule has 3 aliphatic rings. The third-order valence-corrected chi connectivity index (χ3v) is 6.74. The van der Waals surface area contributed by atoms with E-state index in [1.54, 1.807) is 0 Å². The zero-order valence-electron chi connectivity index (χ0n) is 16.9. The van der Waals surface area contributed by atoms with Crippen LogP contribution in [0.1, 0.15) is 56.9 Å². The van der Waals surface area contributed by atoms with E-state index in [-0.39, 0.29) is 17.7 Å². The molecule has 0 bridgehead atoms. The van der Waals surface area contributed by atoms with Crippen molar-refractivity contribution in [3.63, 3.8) is 0 Å². The van der Waals surface area contributed by atoms with Crippen LogP contribution in [0.25, 0.3) is 0 Å². The fraction of sp³-hybridized carbons (Fsp3) is 0.682. The average Bonchev–Trinajstić information content (AvgIpc) is 2.71. The lowest BCUT2D eigenvalue weighted by molar-refractivity contribution is -0.134. The van der Waals surface area contributed by atoms with E-state index in [0.29, 0.717) is 12.8 Å². The van der Waals surface area contributed by atoms with Gasteiger partial charge in [0, 0.05) is 32.3 Å². The lowest BCUT2D eigenvalue weighted by Crippen LogP contribution is -2.41. The van der Waals surface area contributed by atoms with Crippen molar-refractivity contribution in [2.75, 3.05) is 37.6 Å². The third kappa shape index (κ3) is 4.54. The minimum Gasteiger partial charge on any atom is -0.357 e. The van der Waals surface area contributed by atoms with Crippen LogP contribution in [0.2, 0.25) is 0 Å². The number of carbonyl (C=O) groups excluding carboxylic acids is 2. The number of pyridine rings is 1. The van der Waals surface area contributed by atoms with E-state index in [9.17, 15) is 9.59 Å². The molecule has 1 N–H and O–H groups in total. The van der Waals surface area contributed by atoms with Crippen molar-refractivity contribution in [3.05, 3.63) is 23.9 Å². The average molecular weight is 385 g/mol. The number of nitrogens with zero attached hydrogens (tertiary/aromatic N) is 3. The van der Waals surface area contributed by atoms with E-state index in [0.717, 1.165) is 36.3 Å². The molecule has 3 fully saturated rings. The summed E-state index contributed by atoms with van der Waals surface area (Å²) in [6.07, 6.45) is 7.94. The number of anilines is 1. The smallest absolute Gasteiger partial charge is 0.234 e. The van der Waals surface area contributed by atoms with Gasteiger partial charge in [0.2, 0.25) is 11.8 Å². The summed E-state index contributed by atoms with van der Waals surface area (Å²) in [6.45, 7) is 8.27. The largest absolute Gasteiger partial charge is 0.357 e. The Labute approximate surface area is 167 Å². The number of imide groups is 1. The second-order valence-corrected chi connectivity index (χ2v) is 8.87. The van der Waals surface area contributed by atoms with Gasteiger partial charge in [-0.1, -0.05) is 13.0 Å². The zero-order chi connectivity index (χ0) is 19.5. The molecule has 2 amide bonds. The monoisotopic (exact) mass is 384 g/mol. The second-order valence-electron chi connectivity index (χ2n) is 8.87. The molecule has 152 valence electrons. The molecule has 0 spiro atoms. The molecule has 1 atom stereocenters. The van der Waals surface area contributed by atoms with Crippen molar-refractivity contribution >= 4 is 17.6 Å². The second kappa shape index (κ2) is 8.60. The van der Waals surface area contributed by atoms with E-state index in [1.165, 1.54) is 45.3 Å². The summed E-state index contributed by atoms with van der Waals surface area (Å²) in [4.78, 5) is 33.0. The fourth-order valence-corrected chi connectivity index (χ4v) is 4.76. The SMILES string of the molecule is CC1CCN(CC2CCN(c3ccc(C4CCC(=O)NC4=O)cn3)CC2)CC1. The van der Waals surface area contributed by atoms with Gasteiger partial charge in [0.1, 0.15) is 5.82 Å². The maximum absolute atomic E-state index is 12.0. The molecule has 3 saturated heterocycles. The van der Waals surface area contributed by atoms with Gasteiger partial charge >= 0.3 is 0 Å². The summed E-state index contributed by atoms with van der Waals surface area (Å²) < 4.78 is 0. The van der Waals surface area contributed by atoms with Crippen molar-refractivity contribution in [2.24, 2.45) is 11.8 Å². The van der Waals surface area contributed by atoms with Crippen LogP contribution in [-0.4, -0.2) is 54.4 Å². The molecule has 4 heterocycles. The summed E-state index contributed by atoms with van der Waals surface area (Å²) in [6, 6.07) is 4.04. The molecular formula is C22H32N4O2. The Morgan fingerprint density at radius 2 is 1.79 bits per heavy atom. The van der Waals surface area contributed by atoms with Crippen LogP contribution >= 0.6 is 0 Å². The summed E-state index contributed by atoms with van der Waals surface area (Å²) in [7, 11) is 0. The normalized spacial score (nSPS) is 25.8. The minimum atomic E-state index is -0.253. The topological polar surface area (TPSA) is 65.5 Å². The van der Waals surface area contributed by atoms with Gasteiger partial charge in [-0.2, -0.15) is 0 Å². The van der Waals surface area contributed by atoms with E-state index < -0.39 is 0 Å². The minimum absolute atomic E-state index is 0.173. The van der Waals surface area contributed by atoms with E-state index >= 15 is 0 Å². The highest BCUT2D eigenvalue weighted by Crippen LogP contribution is 2.28. The Morgan fingerprint density at radius 1 is 1.04 bits per heavy atom. The molecule has 3 aliphatic heterocycles. The number of likely N-dealkylation sites (tertiary alicyclic amines) is 1. The molecule has 1 aromatic rings. The third-order valence-electron chi connectivity index (χ3n) is 6.74.